The lowest BCUT2D eigenvalue weighted by molar-refractivity contribution is -0.124. The number of hydrogen-bond donors (Lipinski definition) is 4. The van der Waals surface area contributed by atoms with Crippen molar-refractivity contribution in [3.63, 3.8) is 0 Å². The summed E-state index contributed by atoms with van der Waals surface area (Å²) in [5, 5.41) is 20.3. The van der Waals surface area contributed by atoms with Crippen LogP contribution in [-0.2, 0) is 24.1 Å². The fourth-order valence-electron chi connectivity index (χ4n) is 4.65. The molecule has 2 saturated heterocycles. The number of hydrogen-bond acceptors (Lipinski definition) is 6. The number of carbonyl (C=O) groups is 1. The number of fused-ring (bicyclic) bond motifs is 2. The fraction of sp³-hybridized carbons (Fsp3) is 0.483. The number of aryl methyl sites for hydroxylation is 2. The molecule has 1 amide bonds. The second kappa shape index (κ2) is 15.6. The van der Waals surface area contributed by atoms with Crippen LogP contribution >= 0.6 is 11.6 Å². The Morgan fingerprint density at radius 2 is 1.95 bits per heavy atom. The van der Waals surface area contributed by atoms with E-state index in [0.717, 1.165) is 75.5 Å². The summed E-state index contributed by atoms with van der Waals surface area (Å²) in [6, 6.07) is 10.4. The molecule has 1 aliphatic carbocycles. The van der Waals surface area contributed by atoms with Gasteiger partial charge >= 0.3 is 0 Å². The van der Waals surface area contributed by atoms with Gasteiger partial charge < -0.3 is 26.0 Å². The zero-order chi connectivity index (χ0) is 27.2. The van der Waals surface area contributed by atoms with Gasteiger partial charge in [-0.15, -0.1) is 0 Å². The molecule has 206 valence electrons. The average molecular weight is 541 g/mol. The number of aliphatic imine (C=N–C) groups is 1. The summed E-state index contributed by atoms with van der Waals surface area (Å²) in [6.45, 7) is 11.4. The van der Waals surface area contributed by atoms with Crippen molar-refractivity contribution in [2.24, 2.45) is 4.99 Å². The third-order valence-electron chi connectivity index (χ3n) is 6.65. The van der Waals surface area contributed by atoms with E-state index in [1.165, 1.54) is 28.7 Å². The quantitative estimate of drug-likeness (QED) is 0.264. The predicted molar refractivity (Wildman–Crippen MR) is 155 cm³/mol. The van der Waals surface area contributed by atoms with Crippen molar-refractivity contribution in [1.82, 2.24) is 25.8 Å². The van der Waals surface area contributed by atoms with Crippen molar-refractivity contribution in [3.05, 3.63) is 76.2 Å². The number of likely N-dealkylation sites (tertiary alicyclic amines) is 1. The first-order valence-electron chi connectivity index (χ1n) is 13.3. The van der Waals surface area contributed by atoms with Crippen LogP contribution in [0.15, 0.2) is 53.8 Å². The first-order chi connectivity index (χ1) is 18.4. The maximum absolute atomic E-state index is 10.6. The van der Waals surface area contributed by atoms with E-state index in [2.05, 4.69) is 50.7 Å². The molecule has 38 heavy (non-hydrogen) atoms. The summed E-state index contributed by atoms with van der Waals surface area (Å²) in [5.41, 5.74) is 5.23. The highest BCUT2D eigenvalue weighted by molar-refractivity contribution is 6.30. The van der Waals surface area contributed by atoms with Crippen LogP contribution in [-0.4, -0.2) is 79.2 Å². The number of aliphatic hydroxyl groups is 1. The number of pyridine rings is 1. The van der Waals surface area contributed by atoms with Gasteiger partial charge in [-0.1, -0.05) is 30.3 Å². The average Bonchev–Trinajstić information content (AvgIpc) is 3.12. The number of benzene rings is 1. The molecule has 9 heteroatoms. The number of nitrogens with zero attached hydrogens (tertiary/aromatic N) is 3. The highest BCUT2D eigenvalue weighted by atomic mass is 35.5. The van der Waals surface area contributed by atoms with Crippen molar-refractivity contribution in [1.29, 1.82) is 0 Å². The van der Waals surface area contributed by atoms with Crippen LogP contribution in [0.3, 0.4) is 0 Å². The Bertz CT molecular complexity index is 1060. The van der Waals surface area contributed by atoms with Gasteiger partial charge in [-0.25, -0.2) is 0 Å². The van der Waals surface area contributed by atoms with Crippen molar-refractivity contribution < 1.29 is 9.90 Å². The molecule has 1 unspecified atom stereocenters. The molecule has 0 spiro atoms. The monoisotopic (exact) mass is 540 g/mol. The second-order valence-corrected chi connectivity index (χ2v) is 10.4. The van der Waals surface area contributed by atoms with E-state index in [1.54, 1.807) is 4.90 Å². The first kappa shape index (κ1) is 29.8. The number of amides is 1. The van der Waals surface area contributed by atoms with E-state index in [1.807, 2.05) is 25.3 Å². The Morgan fingerprint density at radius 3 is 2.63 bits per heavy atom. The van der Waals surface area contributed by atoms with Crippen LogP contribution in [0.4, 0.5) is 0 Å². The molecule has 3 heterocycles. The molecule has 0 saturated carbocycles. The van der Waals surface area contributed by atoms with Crippen molar-refractivity contribution >= 4 is 24.3 Å². The Balaban J connectivity index is 0.000000173. The Hall–Kier alpha value is -2.78. The first-order valence-corrected chi connectivity index (χ1v) is 13.7. The Kier molecular flexibility index (Phi) is 12.2. The number of nitrogens with one attached hydrogen (secondary N) is 3. The number of piperazine rings is 1. The van der Waals surface area contributed by atoms with E-state index in [0.29, 0.717) is 19.5 Å². The van der Waals surface area contributed by atoms with Gasteiger partial charge in [-0.3, -0.25) is 14.8 Å². The molecule has 2 fully saturated rings. The van der Waals surface area contributed by atoms with Gasteiger partial charge in [0.15, 0.2) is 0 Å². The number of piperidine rings is 1. The molecule has 5 rings (SSSR count). The SMILES string of the molecule is C1CNCCN1.C=C(C)NC=NCC1(O)CCCN(C=O)C1.Clc1ccc2c(c1)CCc1cccnc1C2. The highest BCUT2D eigenvalue weighted by Gasteiger charge is 2.32. The van der Waals surface area contributed by atoms with E-state index < -0.39 is 5.60 Å². The molecular weight excluding hydrogens is 500 g/mol. The lowest BCUT2D eigenvalue weighted by atomic mass is 9.93. The molecule has 1 aromatic heterocycles. The van der Waals surface area contributed by atoms with Gasteiger partial charge in [0.1, 0.15) is 5.60 Å². The minimum Gasteiger partial charge on any atom is -0.386 e. The topological polar surface area (TPSA) is 102 Å². The summed E-state index contributed by atoms with van der Waals surface area (Å²) < 4.78 is 0. The molecule has 2 aromatic rings. The van der Waals surface area contributed by atoms with Gasteiger partial charge in [0.25, 0.3) is 0 Å². The largest absolute Gasteiger partial charge is 0.386 e. The molecule has 0 radical (unpaired) electrons. The van der Waals surface area contributed by atoms with Gasteiger partial charge in [-0.05, 0) is 67.5 Å². The summed E-state index contributed by atoms with van der Waals surface area (Å²) in [7, 11) is 0. The molecule has 1 aromatic carbocycles. The van der Waals surface area contributed by atoms with Gasteiger partial charge in [0.2, 0.25) is 6.41 Å². The van der Waals surface area contributed by atoms with Gasteiger partial charge in [0, 0.05) is 61.8 Å². The minimum absolute atomic E-state index is 0.303. The fourth-order valence-corrected chi connectivity index (χ4v) is 4.84. The maximum atomic E-state index is 10.6. The molecule has 1 atom stereocenters. The maximum Gasteiger partial charge on any atom is 0.209 e. The van der Waals surface area contributed by atoms with Crippen molar-refractivity contribution in [2.75, 3.05) is 45.8 Å². The summed E-state index contributed by atoms with van der Waals surface area (Å²) in [5.74, 6) is 0. The van der Waals surface area contributed by atoms with E-state index >= 15 is 0 Å². The van der Waals surface area contributed by atoms with Crippen LogP contribution in [0.1, 0.15) is 42.1 Å². The zero-order valence-electron chi connectivity index (χ0n) is 22.4. The number of rotatable bonds is 5. The van der Waals surface area contributed by atoms with Crippen LogP contribution < -0.4 is 16.0 Å². The van der Waals surface area contributed by atoms with Gasteiger partial charge in [0.05, 0.1) is 19.4 Å². The number of β-amino-alcohol motifs (C(OH)–C–C–N with tert-alkyl or cyclic N) is 1. The van der Waals surface area contributed by atoms with Crippen molar-refractivity contribution in [3.8, 4) is 0 Å². The van der Waals surface area contributed by atoms with Crippen LogP contribution in [0.25, 0.3) is 0 Å². The Morgan fingerprint density at radius 1 is 1.21 bits per heavy atom. The number of aromatic nitrogens is 1. The summed E-state index contributed by atoms with van der Waals surface area (Å²) >= 11 is 6.03. The van der Waals surface area contributed by atoms with Crippen molar-refractivity contribution in [2.45, 2.75) is 44.6 Å². The molecule has 8 nitrogen and oxygen atoms in total. The highest BCUT2D eigenvalue weighted by Crippen LogP contribution is 2.25. The van der Waals surface area contributed by atoms with Crippen LogP contribution in [0.2, 0.25) is 5.02 Å². The number of halogens is 1. The standard InChI is InChI=1S/C14H12ClN.C11H19N3O2.C4H10N2/c15-13-6-5-12-9-14-10(2-1-7-16-14)3-4-11(12)8-13;1-10(2)13-8-12-6-11(16)4-3-5-14(7-11)9-15;1-2-6-4-3-5-1/h1-2,5-8H,3-4,9H2;8-9,16H,1,3-7H2,2H3,(H,12,13);5-6H,1-4H2. The summed E-state index contributed by atoms with van der Waals surface area (Å²) in [4.78, 5) is 20.8. The third-order valence-corrected chi connectivity index (χ3v) is 6.89. The normalized spacial score (nSPS) is 20.4. The smallest absolute Gasteiger partial charge is 0.209 e. The Labute approximate surface area is 231 Å². The number of allylic oxidation sites excluding steroid dienone is 1. The molecule has 0 bridgehead atoms. The molecule has 4 N–H and O–H groups in total. The van der Waals surface area contributed by atoms with E-state index in [9.17, 15) is 9.90 Å². The van der Waals surface area contributed by atoms with Crippen LogP contribution in [0.5, 0.6) is 0 Å². The van der Waals surface area contributed by atoms with E-state index in [4.69, 9.17) is 11.6 Å². The second-order valence-electron chi connectivity index (χ2n) is 10.00. The molecule has 2 aliphatic heterocycles. The zero-order valence-corrected chi connectivity index (χ0v) is 23.1. The lowest BCUT2D eigenvalue weighted by Crippen LogP contribution is -2.49. The van der Waals surface area contributed by atoms with E-state index in [-0.39, 0.29) is 0 Å². The third kappa shape index (κ3) is 10.2. The lowest BCUT2D eigenvalue weighted by Gasteiger charge is -2.36. The molecule has 3 aliphatic rings. The summed E-state index contributed by atoms with van der Waals surface area (Å²) in [6.07, 6.45) is 8.74. The predicted octanol–water partition coefficient (Wildman–Crippen LogP) is 2.72. The molecular formula is C29H41ClN6O2. The minimum atomic E-state index is -0.883. The number of carbonyl (C=O) groups excluding carboxylic acids is 1. The van der Waals surface area contributed by atoms with Gasteiger partial charge in [-0.2, -0.15) is 0 Å². The van der Waals surface area contributed by atoms with Crippen LogP contribution in [0, 0.1) is 0 Å².